The minimum Gasteiger partial charge on any atom is -0.311 e. The summed E-state index contributed by atoms with van der Waals surface area (Å²) in [6.45, 7) is 21.4. The van der Waals surface area contributed by atoms with Gasteiger partial charge in [-0.2, -0.15) is 0 Å². The number of hydrogen-bond donors (Lipinski definition) is 0. The van der Waals surface area contributed by atoms with Crippen LogP contribution >= 0.6 is 0 Å². The van der Waals surface area contributed by atoms with Gasteiger partial charge >= 0.3 is 0 Å². The number of aromatic nitrogens is 2. The van der Waals surface area contributed by atoms with Gasteiger partial charge in [-0.3, -0.25) is 0 Å². The van der Waals surface area contributed by atoms with E-state index in [4.69, 9.17) is 13.1 Å². The summed E-state index contributed by atoms with van der Waals surface area (Å²) >= 11 is 0. The second kappa shape index (κ2) is 6.44. The molecule has 0 aliphatic rings. The van der Waals surface area contributed by atoms with Gasteiger partial charge in [0.2, 0.25) is 11.1 Å². The SMILES string of the molecule is [C-]#[N+]c1ccc2c3ccc(C)c4c3n(c2c1)c1cc(CC(C)(C)[N+]#[C-])cc2cc[n+](C)c4c21. The lowest BCUT2D eigenvalue weighted by Crippen LogP contribution is -2.29. The Morgan fingerprint density at radius 3 is 2.48 bits per heavy atom. The Bertz CT molecular complexity index is 1860. The monoisotopic (exact) mass is 427 g/mol. The molecule has 3 aromatic heterocycles. The van der Waals surface area contributed by atoms with E-state index in [1.807, 2.05) is 26.0 Å². The first-order valence-corrected chi connectivity index (χ1v) is 11.1. The van der Waals surface area contributed by atoms with E-state index in [2.05, 4.69) is 75.2 Å². The first kappa shape index (κ1) is 19.5. The van der Waals surface area contributed by atoms with Crippen molar-refractivity contribution in [3.63, 3.8) is 0 Å². The van der Waals surface area contributed by atoms with E-state index in [1.54, 1.807) is 0 Å². The van der Waals surface area contributed by atoms with Gasteiger partial charge in [0, 0.05) is 36.2 Å². The number of fused-ring (bicyclic) bond motifs is 5. The first-order valence-electron chi connectivity index (χ1n) is 11.1. The van der Waals surface area contributed by atoms with Crippen LogP contribution in [0.25, 0.3) is 58.7 Å². The molecule has 0 aliphatic carbocycles. The number of hydrogen-bond acceptors (Lipinski definition) is 0. The molecular formula is C29H23N4+. The lowest BCUT2D eigenvalue weighted by Gasteiger charge is -2.16. The first-order chi connectivity index (χ1) is 15.8. The Balaban J connectivity index is 1.94. The molecule has 0 saturated carbocycles. The molecule has 0 aliphatic heterocycles. The molecule has 0 unspecified atom stereocenters. The molecule has 0 atom stereocenters. The molecule has 0 spiro atoms. The van der Waals surface area contributed by atoms with Crippen LogP contribution in [0.5, 0.6) is 0 Å². The van der Waals surface area contributed by atoms with Crippen molar-refractivity contribution < 1.29 is 4.57 Å². The van der Waals surface area contributed by atoms with Gasteiger partial charge < -0.3 is 9.25 Å². The Hall–Kier alpha value is -4.15. The molecule has 33 heavy (non-hydrogen) atoms. The fraction of sp³-hybridized carbons (Fsp3) is 0.207. The smallest absolute Gasteiger partial charge is 0.231 e. The number of rotatable bonds is 2. The quantitative estimate of drug-likeness (QED) is 0.124. The third kappa shape index (κ3) is 2.58. The molecule has 158 valence electrons. The molecule has 0 N–H and O–H groups in total. The normalized spacial score (nSPS) is 12.3. The zero-order chi connectivity index (χ0) is 23.1. The molecule has 0 radical (unpaired) electrons. The van der Waals surface area contributed by atoms with Crippen LogP contribution in [-0.4, -0.2) is 9.94 Å². The average molecular weight is 428 g/mol. The summed E-state index contributed by atoms with van der Waals surface area (Å²) in [7, 11) is 2.11. The van der Waals surface area contributed by atoms with E-state index >= 15 is 0 Å². The molecule has 3 heterocycles. The van der Waals surface area contributed by atoms with Gasteiger partial charge in [0.15, 0.2) is 11.9 Å². The highest BCUT2D eigenvalue weighted by atomic mass is 15.0. The lowest BCUT2D eigenvalue weighted by molar-refractivity contribution is -0.643. The van der Waals surface area contributed by atoms with E-state index in [1.165, 1.54) is 38.1 Å². The van der Waals surface area contributed by atoms with Crippen LogP contribution < -0.4 is 4.57 Å². The van der Waals surface area contributed by atoms with Crippen LogP contribution in [0.3, 0.4) is 0 Å². The maximum absolute atomic E-state index is 7.62. The second-order valence-electron chi connectivity index (χ2n) is 9.76. The Morgan fingerprint density at radius 2 is 1.73 bits per heavy atom. The van der Waals surface area contributed by atoms with E-state index in [0.29, 0.717) is 12.1 Å². The van der Waals surface area contributed by atoms with Gasteiger partial charge in [0.1, 0.15) is 7.05 Å². The standard InChI is InChI=1S/C29H23N4/c1-17-7-9-22-21-10-8-20(30-4)15-23(21)33-24-14-18(16-29(2,3)31-5)13-19-11-12-32(6)28(26(19)24)25(17)27(22)33/h7-15H,16H2,1-3,6H3/q+1. The predicted octanol–water partition coefficient (Wildman–Crippen LogP) is 6.91. The van der Waals surface area contributed by atoms with Gasteiger partial charge in [-0.05, 0) is 35.6 Å². The van der Waals surface area contributed by atoms with Crippen molar-refractivity contribution in [2.24, 2.45) is 7.05 Å². The summed E-state index contributed by atoms with van der Waals surface area (Å²) in [5.41, 5.74) is 7.20. The average Bonchev–Trinajstić information content (AvgIpc) is 3.13. The van der Waals surface area contributed by atoms with Crippen LogP contribution in [0.4, 0.5) is 5.69 Å². The molecular weight excluding hydrogens is 404 g/mol. The third-order valence-corrected chi connectivity index (χ3v) is 6.94. The van der Waals surface area contributed by atoms with Crippen LogP contribution in [-0.2, 0) is 13.5 Å². The van der Waals surface area contributed by atoms with Crippen molar-refractivity contribution in [2.75, 3.05) is 0 Å². The lowest BCUT2D eigenvalue weighted by atomic mass is 9.92. The van der Waals surface area contributed by atoms with E-state index in [9.17, 15) is 0 Å². The maximum Gasteiger partial charge on any atom is 0.231 e. The largest absolute Gasteiger partial charge is 0.311 e. The topological polar surface area (TPSA) is 17.0 Å². The zero-order valence-corrected chi connectivity index (χ0v) is 19.2. The number of nitrogens with zero attached hydrogens (tertiary/aromatic N) is 4. The molecule has 0 amide bonds. The summed E-state index contributed by atoms with van der Waals surface area (Å²) in [4.78, 5) is 7.56. The summed E-state index contributed by atoms with van der Waals surface area (Å²) in [6, 6.07) is 17.1. The van der Waals surface area contributed by atoms with Crippen molar-refractivity contribution in [3.8, 4) is 0 Å². The highest BCUT2D eigenvalue weighted by molar-refractivity contribution is 6.26. The van der Waals surface area contributed by atoms with Crippen LogP contribution in [0.15, 0.2) is 54.7 Å². The molecule has 0 bridgehead atoms. The van der Waals surface area contributed by atoms with E-state index in [-0.39, 0.29) is 0 Å². The minimum atomic E-state index is -0.461. The van der Waals surface area contributed by atoms with Gasteiger partial charge in [0.05, 0.1) is 34.8 Å². The highest BCUT2D eigenvalue weighted by Crippen LogP contribution is 2.42. The van der Waals surface area contributed by atoms with Crippen LogP contribution in [0, 0.1) is 20.1 Å². The molecule has 3 aromatic carbocycles. The van der Waals surface area contributed by atoms with Gasteiger partial charge in [-0.15, -0.1) is 0 Å². The number of benzene rings is 3. The molecule has 4 nitrogen and oxygen atoms in total. The van der Waals surface area contributed by atoms with E-state index in [0.717, 1.165) is 22.0 Å². The zero-order valence-electron chi connectivity index (χ0n) is 19.2. The molecule has 0 fully saturated rings. The summed E-state index contributed by atoms with van der Waals surface area (Å²) in [5.74, 6) is 0. The van der Waals surface area contributed by atoms with Gasteiger partial charge in [-0.25, -0.2) is 16.0 Å². The fourth-order valence-corrected chi connectivity index (χ4v) is 5.47. The van der Waals surface area contributed by atoms with Crippen molar-refractivity contribution in [2.45, 2.75) is 32.7 Å². The van der Waals surface area contributed by atoms with Crippen molar-refractivity contribution in [1.29, 1.82) is 0 Å². The predicted molar refractivity (Wildman–Crippen MR) is 135 cm³/mol. The Labute approximate surface area is 192 Å². The second-order valence-corrected chi connectivity index (χ2v) is 9.76. The van der Waals surface area contributed by atoms with Crippen LogP contribution in [0.1, 0.15) is 25.0 Å². The van der Waals surface area contributed by atoms with Crippen molar-refractivity contribution >= 4 is 54.7 Å². The molecule has 6 rings (SSSR count). The number of aryl methyl sites for hydroxylation is 2. The maximum atomic E-state index is 7.62. The molecule has 4 heteroatoms. The molecule has 0 saturated heterocycles. The minimum absolute atomic E-state index is 0.461. The van der Waals surface area contributed by atoms with Crippen molar-refractivity contribution in [3.05, 3.63) is 88.7 Å². The number of pyridine rings is 2. The fourth-order valence-electron chi connectivity index (χ4n) is 5.47. The Morgan fingerprint density at radius 1 is 0.939 bits per heavy atom. The summed E-state index contributed by atoms with van der Waals surface area (Å²) < 4.78 is 4.58. The van der Waals surface area contributed by atoms with E-state index < -0.39 is 5.54 Å². The van der Waals surface area contributed by atoms with Gasteiger partial charge in [-0.1, -0.05) is 30.3 Å². The van der Waals surface area contributed by atoms with Gasteiger partial charge in [0.25, 0.3) is 0 Å². The highest BCUT2D eigenvalue weighted by Gasteiger charge is 2.27. The summed E-state index contributed by atoms with van der Waals surface area (Å²) in [5, 5.41) is 6.02. The Kier molecular flexibility index (Phi) is 3.81. The van der Waals surface area contributed by atoms with Crippen LogP contribution in [0.2, 0.25) is 0 Å². The van der Waals surface area contributed by atoms with Crippen molar-refractivity contribution in [1.82, 2.24) is 4.40 Å². The third-order valence-electron chi connectivity index (χ3n) is 6.94. The molecule has 6 aromatic rings. The summed E-state index contributed by atoms with van der Waals surface area (Å²) in [6.07, 6.45) is 2.82.